The molecule has 0 nitrogen and oxygen atoms in total. The molecule has 0 bridgehead atoms. The van der Waals surface area contributed by atoms with Crippen LogP contribution >= 0.6 is 0 Å². The Bertz CT molecular complexity index is 1270. The van der Waals surface area contributed by atoms with E-state index >= 15 is 0 Å². The Balaban J connectivity index is 1.40. The standard InChI is InChI=1S/C31H25F3/c1-22(26-5-3-2-4-6-26)21-25-11-9-23(10-12-25)7-8-24-13-15-27(16-14-24)30(33)31(34)28-17-19-29(32)20-18-28/h2-20,22H,21H2,1H3/b8-7+,31-30-. The van der Waals surface area contributed by atoms with E-state index in [4.69, 9.17) is 0 Å². The predicted octanol–water partition coefficient (Wildman–Crippen LogP) is 9.11. The van der Waals surface area contributed by atoms with Gasteiger partial charge in [0.25, 0.3) is 0 Å². The number of benzene rings is 4. The first-order valence-electron chi connectivity index (χ1n) is 11.2. The van der Waals surface area contributed by atoms with Crippen molar-refractivity contribution < 1.29 is 13.2 Å². The Hall–Kier alpha value is -3.85. The van der Waals surface area contributed by atoms with E-state index in [0.29, 0.717) is 5.92 Å². The smallest absolute Gasteiger partial charge is 0.166 e. The summed E-state index contributed by atoms with van der Waals surface area (Å²) in [6.45, 7) is 2.23. The van der Waals surface area contributed by atoms with Gasteiger partial charge in [0.1, 0.15) is 5.82 Å². The molecule has 0 amide bonds. The van der Waals surface area contributed by atoms with Crippen molar-refractivity contribution in [3.8, 4) is 0 Å². The molecular weight excluding hydrogens is 429 g/mol. The van der Waals surface area contributed by atoms with Crippen LogP contribution in [0, 0.1) is 5.82 Å². The van der Waals surface area contributed by atoms with Crippen molar-refractivity contribution in [1.82, 2.24) is 0 Å². The molecule has 0 radical (unpaired) electrons. The molecule has 0 saturated heterocycles. The fourth-order valence-electron chi connectivity index (χ4n) is 3.80. The Morgan fingerprint density at radius 2 is 1.12 bits per heavy atom. The minimum Gasteiger partial charge on any atom is -0.207 e. The van der Waals surface area contributed by atoms with Crippen LogP contribution < -0.4 is 0 Å². The van der Waals surface area contributed by atoms with Gasteiger partial charge < -0.3 is 0 Å². The topological polar surface area (TPSA) is 0 Å². The molecule has 1 atom stereocenters. The predicted molar refractivity (Wildman–Crippen MR) is 136 cm³/mol. The lowest BCUT2D eigenvalue weighted by Gasteiger charge is -2.12. The Kier molecular flexibility index (Phi) is 7.44. The minimum absolute atomic E-state index is 0.00415. The zero-order chi connectivity index (χ0) is 23.9. The third kappa shape index (κ3) is 5.93. The van der Waals surface area contributed by atoms with Gasteiger partial charge in [-0.1, -0.05) is 97.9 Å². The van der Waals surface area contributed by atoms with E-state index in [9.17, 15) is 13.2 Å². The molecule has 170 valence electrons. The quantitative estimate of drug-likeness (QED) is 0.244. The maximum absolute atomic E-state index is 14.5. The molecule has 0 saturated carbocycles. The van der Waals surface area contributed by atoms with Crippen molar-refractivity contribution in [2.45, 2.75) is 19.3 Å². The molecule has 0 heterocycles. The summed E-state index contributed by atoms with van der Waals surface area (Å²) in [5, 5.41) is 0. The molecule has 4 aromatic carbocycles. The van der Waals surface area contributed by atoms with E-state index in [1.54, 1.807) is 12.1 Å². The molecule has 0 aliphatic rings. The van der Waals surface area contributed by atoms with E-state index in [-0.39, 0.29) is 11.1 Å². The lowest BCUT2D eigenvalue weighted by atomic mass is 9.93. The third-order valence-electron chi connectivity index (χ3n) is 5.81. The molecule has 1 unspecified atom stereocenters. The van der Waals surface area contributed by atoms with Crippen LogP contribution in [0.3, 0.4) is 0 Å². The van der Waals surface area contributed by atoms with E-state index in [0.717, 1.165) is 29.7 Å². The molecule has 0 aromatic heterocycles. The lowest BCUT2D eigenvalue weighted by Crippen LogP contribution is -1.98. The first-order chi connectivity index (χ1) is 16.5. The van der Waals surface area contributed by atoms with Gasteiger partial charge >= 0.3 is 0 Å². The highest BCUT2D eigenvalue weighted by molar-refractivity contribution is 5.83. The zero-order valence-corrected chi connectivity index (χ0v) is 18.9. The summed E-state index contributed by atoms with van der Waals surface area (Å²) in [6.07, 6.45) is 4.90. The van der Waals surface area contributed by atoms with Crippen molar-refractivity contribution in [1.29, 1.82) is 0 Å². The highest BCUT2D eigenvalue weighted by Crippen LogP contribution is 2.29. The molecule has 0 aliphatic carbocycles. The molecule has 0 fully saturated rings. The molecule has 0 N–H and O–H groups in total. The first kappa shape index (κ1) is 23.3. The van der Waals surface area contributed by atoms with Crippen molar-refractivity contribution in [3.63, 3.8) is 0 Å². The summed E-state index contributed by atoms with van der Waals surface area (Å²) in [5.74, 6) is -2.03. The molecule has 0 spiro atoms. The second-order valence-electron chi connectivity index (χ2n) is 8.35. The fraction of sp³-hybridized carbons (Fsp3) is 0.0968. The van der Waals surface area contributed by atoms with E-state index < -0.39 is 17.5 Å². The highest BCUT2D eigenvalue weighted by atomic mass is 19.2. The third-order valence-corrected chi connectivity index (χ3v) is 5.81. The van der Waals surface area contributed by atoms with Crippen molar-refractivity contribution >= 4 is 23.8 Å². The largest absolute Gasteiger partial charge is 0.207 e. The Morgan fingerprint density at radius 1 is 0.647 bits per heavy atom. The summed E-state index contributed by atoms with van der Waals surface area (Å²) in [5.41, 5.74) is 4.69. The number of halogens is 3. The van der Waals surface area contributed by atoms with Crippen LogP contribution in [0.2, 0.25) is 0 Å². The van der Waals surface area contributed by atoms with E-state index in [1.807, 2.05) is 18.2 Å². The van der Waals surface area contributed by atoms with Crippen LogP contribution in [0.15, 0.2) is 103 Å². The molecular formula is C31H25F3. The van der Waals surface area contributed by atoms with Crippen LogP contribution in [-0.4, -0.2) is 0 Å². The van der Waals surface area contributed by atoms with Gasteiger partial charge in [-0.15, -0.1) is 0 Å². The maximum Gasteiger partial charge on any atom is 0.166 e. The van der Waals surface area contributed by atoms with Gasteiger partial charge in [0.05, 0.1) is 0 Å². The van der Waals surface area contributed by atoms with Gasteiger partial charge in [0.2, 0.25) is 0 Å². The molecule has 4 aromatic rings. The van der Waals surface area contributed by atoms with Crippen LogP contribution in [-0.2, 0) is 6.42 Å². The Labute approximate surface area is 198 Å². The number of hydrogen-bond acceptors (Lipinski definition) is 0. The molecule has 34 heavy (non-hydrogen) atoms. The van der Waals surface area contributed by atoms with Crippen LogP contribution in [0.5, 0.6) is 0 Å². The highest BCUT2D eigenvalue weighted by Gasteiger charge is 2.11. The maximum atomic E-state index is 14.5. The number of hydrogen-bond donors (Lipinski definition) is 0. The second-order valence-corrected chi connectivity index (χ2v) is 8.35. The first-order valence-corrected chi connectivity index (χ1v) is 11.2. The van der Waals surface area contributed by atoms with Gasteiger partial charge in [-0.2, -0.15) is 0 Å². The van der Waals surface area contributed by atoms with Crippen LogP contribution in [0.1, 0.15) is 46.2 Å². The van der Waals surface area contributed by atoms with Gasteiger partial charge in [-0.25, -0.2) is 13.2 Å². The van der Waals surface area contributed by atoms with Gasteiger partial charge in [-0.3, -0.25) is 0 Å². The minimum atomic E-state index is -1.01. The fourth-order valence-corrected chi connectivity index (χ4v) is 3.80. The van der Waals surface area contributed by atoms with Crippen LogP contribution in [0.25, 0.3) is 23.8 Å². The average Bonchev–Trinajstić information content (AvgIpc) is 2.88. The zero-order valence-electron chi connectivity index (χ0n) is 18.9. The SMILES string of the molecule is CC(Cc1ccc(/C=C/c2ccc(/C(F)=C(/F)c3ccc(F)cc3)cc2)cc1)c1ccccc1. The summed E-state index contributed by atoms with van der Waals surface area (Å²) in [4.78, 5) is 0. The van der Waals surface area contributed by atoms with Crippen molar-refractivity contribution in [2.75, 3.05) is 0 Å². The van der Waals surface area contributed by atoms with Gasteiger partial charge in [0.15, 0.2) is 11.7 Å². The van der Waals surface area contributed by atoms with Crippen LogP contribution in [0.4, 0.5) is 13.2 Å². The monoisotopic (exact) mass is 454 g/mol. The van der Waals surface area contributed by atoms with Crippen molar-refractivity contribution in [3.05, 3.63) is 142 Å². The summed E-state index contributed by atoms with van der Waals surface area (Å²) in [6, 6.07) is 30.1. The second kappa shape index (κ2) is 10.8. The lowest BCUT2D eigenvalue weighted by molar-refractivity contribution is 0.627. The Morgan fingerprint density at radius 3 is 1.65 bits per heavy atom. The molecule has 0 aliphatic heterocycles. The van der Waals surface area contributed by atoms with Gasteiger partial charge in [-0.05, 0) is 58.9 Å². The van der Waals surface area contributed by atoms with Gasteiger partial charge in [0, 0.05) is 11.1 Å². The number of rotatable bonds is 7. The van der Waals surface area contributed by atoms with Crippen molar-refractivity contribution in [2.24, 2.45) is 0 Å². The summed E-state index contributed by atoms with van der Waals surface area (Å²) in [7, 11) is 0. The summed E-state index contributed by atoms with van der Waals surface area (Å²) >= 11 is 0. The van der Waals surface area contributed by atoms with E-state index in [2.05, 4.69) is 55.5 Å². The normalized spacial score (nSPS) is 13.1. The molecule has 3 heteroatoms. The van der Waals surface area contributed by atoms with E-state index in [1.165, 1.54) is 35.4 Å². The summed E-state index contributed by atoms with van der Waals surface area (Å²) < 4.78 is 41.9. The average molecular weight is 455 g/mol. The molecule has 4 rings (SSSR count).